The predicted octanol–water partition coefficient (Wildman–Crippen LogP) is 4.06. The van der Waals surface area contributed by atoms with Crippen molar-refractivity contribution in [3.63, 3.8) is 0 Å². The zero-order valence-electron chi connectivity index (χ0n) is 11.6. The molecule has 0 saturated carbocycles. The molecule has 0 aromatic rings. The molecule has 0 N–H and O–H groups in total. The molecule has 1 heterocycles. The van der Waals surface area contributed by atoms with E-state index < -0.39 is 7.94 Å². The summed E-state index contributed by atoms with van der Waals surface area (Å²) in [6, 6.07) is 0. The van der Waals surface area contributed by atoms with Crippen molar-refractivity contribution >= 4 is 7.94 Å². The first kappa shape index (κ1) is 16.3. The van der Waals surface area contributed by atoms with Gasteiger partial charge in [-0.05, 0) is 29.1 Å². The van der Waals surface area contributed by atoms with Crippen LogP contribution < -0.4 is 0 Å². The predicted molar refractivity (Wildman–Crippen MR) is 70.9 cm³/mol. The van der Waals surface area contributed by atoms with Gasteiger partial charge >= 0.3 is 7.94 Å². The van der Waals surface area contributed by atoms with Crippen LogP contribution in [0.15, 0.2) is 0 Å². The Labute approximate surface area is 111 Å². The number of hydrogen-bond acceptors (Lipinski definition) is 5. The van der Waals surface area contributed by atoms with Gasteiger partial charge in [0.05, 0.1) is 6.61 Å². The van der Waals surface area contributed by atoms with E-state index in [1.807, 2.05) is 6.92 Å². The Morgan fingerprint density at radius 2 is 1.78 bits per heavy atom. The fourth-order valence-electron chi connectivity index (χ4n) is 1.74. The maximum Gasteiger partial charge on any atom is 0.488 e. The quantitative estimate of drug-likeness (QED) is 0.261. The van der Waals surface area contributed by atoms with Gasteiger partial charge in [-0.2, -0.15) is 14.3 Å². The van der Waals surface area contributed by atoms with E-state index in [9.17, 15) is 0 Å². The maximum absolute atomic E-state index is 5.61. The van der Waals surface area contributed by atoms with Gasteiger partial charge < -0.3 is 0 Å². The number of hydrogen-bond donors (Lipinski definition) is 0. The zero-order chi connectivity index (χ0) is 13.1. The van der Waals surface area contributed by atoms with Crippen molar-refractivity contribution in [2.24, 2.45) is 0 Å². The van der Waals surface area contributed by atoms with E-state index in [1.54, 1.807) is 0 Å². The summed E-state index contributed by atoms with van der Waals surface area (Å²) in [6.07, 6.45) is 8.06. The first-order valence-electron chi connectivity index (χ1n) is 6.98. The van der Waals surface area contributed by atoms with Crippen LogP contribution in [0.2, 0.25) is 0 Å². The van der Waals surface area contributed by atoms with Crippen LogP contribution >= 0.6 is 7.94 Å². The van der Waals surface area contributed by atoms with Gasteiger partial charge in [0.25, 0.3) is 0 Å². The summed E-state index contributed by atoms with van der Waals surface area (Å²) >= 11 is 0. The third kappa shape index (κ3) is 6.41. The fraction of sp³-hybridized carbons (Fsp3) is 1.00. The molecule has 0 aromatic heterocycles. The van der Waals surface area contributed by atoms with Crippen molar-refractivity contribution in [3.05, 3.63) is 0 Å². The van der Waals surface area contributed by atoms with Gasteiger partial charge in [-0.1, -0.05) is 32.6 Å². The van der Waals surface area contributed by atoms with Crippen LogP contribution in [0.4, 0.5) is 0 Å². The van der Waals surface area contributed by atoms with E-state index in [2.05, 4.69) is 6.92 Å². The summed E-state index contributed by atoms with van der Waals surface area (Å²) in [5.74, 6) is 0. The second-order valence-corrected chi connectivity index (χ2v) is 6.54. The van der Waals surface area contributed by atoms with Crippen LogP contribution in [-0.2, 0) is 23.6 Å². The molecule has 1 atom stereocenters. The zero-order valence-corrected chi connectivity index (χ0v) is 12.5. The molecule has 0 aliphatic carbocycles. The molecule has 1 saturated heterocycles. The second kappa shape index (κ2) is 10.1. The topological polar surface area (TPSA) is 46.2 Å². The van der Waals surface area contributed by atoms with Crippen LogP contribution in [0.3, 0.4) is 0 Å². The molecule has 1 fully saturated rings. The molecule has 0 spiro atoms. The smallest absolute Gasteiger partial charge is 0.195 e. The molecule has 0 bridgehead atoms. The van der Waals surface area contributed by atoms with Crippen LogP contribution in [0.5, 0.6) is 0 Å². The highest BCUT2D eigenvalue weighted by Crippen LogP contribution is 2.64. The maximum atomic E-state index is 5.61. The van der Waals surface area contributed by atoms with Gasteiger partial charge in [0.1, 0.15) is 19.4 Å². The van der Waals surface area contributed by atoms with Gasteiger partial charge in [0, 0.05) is 0 Å². The van der Waals surface area contributed by atoms with Gasteiger partial charge in [0.15, 0.2) is 0 Å². The Bertz CT molecular complexity index is 197. The third-order valence-corrected chi connectivity index (χ3v) is 4.80. The van der Waals surface area contributed by atoms with E-state index in [1.165, 1.54) is 32.1 Å². The first-order valence-corrected chi connectivity index (χ1v) is 8.71. The minimum absolute atomic E-state index is 0.452. The minimum Gasteiger partial charge on any atom is -0.195 e. The van der Waals surface area contributed by atoms with E-state index >= 15 is 0 Å². The molecule has 1 rings (SSSR count). The lowest BCUT2D eigenvalue weighted by Gasteiger charge is -2.22. The van der Waals surface area contributed by atoms with Gasteiger partial charge in [-0.3, -0.25) is 0 Å². The van der Waals surface area contributed by atoms with Gasteiger partial charge in [-0.25, -0.2) is 0 Å². The van der Waals surface area contributed by atoms with Crippen molar-refractivity contribution in [2.75, 3.05) is 26.0 Å². The SMILES string of the molecule is CCCCCCCC[P+]1(OOCC)OCCOO1. The summed E-state index contributed by atoms with van der Waals surface area (Å²) in [5.41, 5.74) is 0. The first-order chi connectivity index (χ1) is 8.83. The molecule has 18 heavy (non-hydrogen) atoms. The highest BCUT2D eigenvalue weighted by molar-refractivity contribution is 7.61. The second-order valence-electron chi connectivity index (χ2n) is 4.31. The van der Waals surface area contributed by atoms with Crippen molar-refractivity contribution in [2.45, 2.75) is 52.4 Å². The number of unbranched alkanes of at least 4 members (excludes halogenated alkanes) is 5. The van der Waals surface area contributed by atoms with Crippen LogP contribution in [-0.4, -0.2) is 26.0 Å². The lowest BCUT2D eigenvalue weighted by atomic mass is 10.1. The van der Waals surface area contributed by atoms with Gasteiger partial charge in [-0.15, -0.1) is 0 Å². The molecule has 108 valence electrons. The molecular weight excluding hydrogens is 255 g/mol. The molecule has 1 unspecified atom stereocenters. The summed E-state index contributed by atoms with van der Waals surface area (Å²) in [5, 5.41) is 0. The Balaban J connectivity index is 2.19. The molecule has 1 aliphatic heterocycles. The summed E-state index contributed by atoms with van der Waals surface area (Å²) < 4.78 is 16.1. The summed E-state index contributed by atoms with van der Waals surface area (Å²) in [4.78, 5) is 9.99. The van der Waals surface area contributed by atoms with Crippen LogP contribution in [0.1, 0.15) is 52.4 Å². The Hall–Kier alpha value is 0.230. The van der Waals surface area contributed by atoms with Crippen LogP contribution in [0, 0.1) is 0 Å². The Morgan fingerprint density at radius 3 is 2.44 bits per heavy atom. The Morgan fingerprint density at radius 1 is 1.00 bits per heavy atom. The summed E-state index contributed by atoms with van der Waals surface area (Å²) in [7, 11) is -2.41. The lowest BCUT2D eigenvalue weighted by molar-refractivity contribution is -0.296. The molecule has 5 nitrogen and oxygen atoms in total. The minimum atomic E-state index is -2.41. The monoisotopic (exact) mass is 281 g/mol. The summed E-state index contributed by atoms with van der Waals surface area (Å²) in [6.45, 7) is 5.53. The molecule has 0 aromatic carbocycles. The Kier molecular flexibility index (Phi) is 9.11. The van der Waals surface area contributed by atoms with E-state index in [0.717, 1.165) is 12.6 Å². The molecule has 0 amide bonds. The lowest BCUT2D eigenvalue weighted by Crippen LogP contribution is -2.20. The van der Waals surface area contributed by atoms with Crippen molar-refractivity contribution in [1.82, 2.24) is 0 Å². The van der Waals surface area contributed by atoms with E-state index in [0.29, 0.717) is 19.8 Å². The molecule has 6 heteroatoms. The van der Waals surface area contributed by atoms with Crippen molar-refractivity contribution in [1.29, 1.82) is 0 Å². The van der Waals surface area contributed by atoms with Crippen molar-refractivity contribution < 1.29 is 23.6 Å². The highest BCUT2D eigenvalue weighted by atomic mass is 31.2. The molecular formula is C12H26O5P+. The number of rotatable bonds is 10. The van der Waals surface area contributed by atoms with E-state index in [-0.39, 0.29) is 0 Å². The molecule has 1 aliphatic rings. The third-order valence-electron chi connectivity index (χ3n) is 2.69. The van der Waals surface area contributed by atoms with E-state index in [4.69, 9.17) is 23.6 Å². The largest absolute Gasteiger partial charge is 0.488 e. The fourth-order valence-corrected chi connectivity index (χ4v) is 3.60. The molecule has 0 radical (unpaired) electrons. The average molecular weight is 281 g/mol. The normalized spacial score (nSPS) is 24.3. The standard InChI is InChI=1S/C12H26O5P/c1-3-5-6-7-8-9-12-18(16-13-4-2)15-11-10-14-17-18/h3-12H2,1-2H3/q+1. The average Bonchev–Trinajstić information content (AvgIpc) is 2.42. The van der Waals surface area contributed by atoms with Gasteiger partial charge in [0.2, 0.25) is 0 Å². The highest BCUT2D eigenvalue weighted by Gasteiger charge is 2.51. The van der Waals surface area contributed by atoms with Crippen LogP contribution in [0.25, 0.3) is 0 Å². The van der Waals surface area contributed by atoms with Crippen molar-refractivity contribution in [3.8, 4) is 0 Å².